The number of aryl methyl sites for hydroxylation is 1. The molecule has 0 saturated heterocycles. The quantitative estimate of drug-likeness (QED) is 0.0161. The molecule has 0 radical (unpaired) electrons. The van der Waals surface area contributed by atoms with Crippen LogP contribution in [0, 0.1) is 18.7 Å². The SMILES string of the molecule is CC[C@@]1(O)C(=O)OCc2c1cc1n(c2=O)Cc2c-1nc1cc(F)c(C)c3c1c2[C@@H](NC(=O)OCc1ccc(NC(=O)[C@H](CCCNC(N)=O)NC(=O)[C@@H](NC(=O)CCCCCCCCCCCC[C@H](NC(=O)N[C@@H](CCC(=O)O)C(=O)O)C(=O)O)C(C)C)cc1)CC3. The smallest absolute Gasteiger partial charge is 0.407 e. The van der Waals surface area contributed by atoms with Gasteiger partial charge in [0.1, 0.15) is 43.2 Å². The van der Waals surface area contributed by atoms with E-state index in [1.165, 1.54) is 10.6 Å². The Labute approximate surface area is 529 Å². The van der Waals surface area contributed by atoms with E-state index in [2.05, 4.69) is 37.2 Å². The third-order valence-electron chi connectivity index (χ3n) is 17.1. The van der Waals surface area contributed by atoms with Crippen LogP contribution in [-0.2, 0) is 74.8 Å². The summed E-state index contributed by atoms with van der Waals surface area (Å²) in [4.78, 5) is 144. The Hall–Kier alpha value is -9.21. The lowest BCUT2D eigenvalue weighted by molar-refractivity contribution is -0.172. The summed E-state index contributed by atoms with van der Waals surface area (Å²) in [6.45, 7) is 6.49. The van der Waals surface area contributed by atoms with Crippen molar-refractivity contribution in [3.8, 4) is 11.4 Å². The summed E-state index contributed by atoms with van der Waals surface area (Å²) in [6, 6.07) is 2.12. The molecule has 7 rings (SSSR count). The number of nitrogens with zero attached hydrogens (tertiary/aromatic N) is 2. The fourth-order valence-electron chi connectivity index (χ4n) is 12.0. The van der Waals surface area contributed by atoms with Gasteiger partial charge in [0.05, 0.1) is 35.1 Å². The van der Waals surface area contributed by atoms with E-state index in [1.807, 2.05) is 0 Å². The number of amides is 8. The van der Waals surface area contributed by atoms with Crippen molar-refractivity contribution in [3.63, 3.8) is 0 Å². The number of unbranched alkanes of at least 4 members (excludes halogenated alkanes) is 9. The molecule has 2 aromatic heterocycles. The second kappa shape index (κ2) is 32.2. The third kappa shape index (κ3) is 17.8. The average Bonchev–Trinajstić information content (AvgIpc) is 1.50. The maximum atomic E-state index is 15.5. The minimum Gasteiger partial charge on any atom is -0.481 e. The second-order valence-corrected chi connectivity index (χ2v) is 24.0. The molecule has 498 valence electrons. The van der Waals surface area contributed by atoms with Crippen LogP contribution in [0.25, 0.3) is 22.3 Å². The number of ether oxygens (including phenoxy) is 2. The number of halogens is 1. The van der Waals surface area contributed by atoms with Gasteiger partial charge in [-0.25, -0.2) is 38.1 Å². The lowest BCUT2D eigenvalue weighted by Gasteiger charge is -2.31. The number of pyridine rings is 2. The molecule has 0 saturated carbocycles. The highest BCUT2D eigenvalue weighted by Crippen LogP contribution is 2.46. The average molecular weight is 1280 g/mol. The molecule has 6 atom stereocenters. The molecule has 2 aliphatic heterocycles. The van der Waals surface area contributed by atoms with Crippen LogP contribution in [0.2, 0.25) is 0 Å². The van der Waals surface area contributed by atoms with Crippen LogP contribution in [0.3, 0.4) is 0 Å². The van der Waals surface area contributed by atoms with E-state index in [1.54, 1.807) is 58.0 Å². The lowest BCUT2D eigenvalue weighted by Crippen LogP contribution is -2.54. The molecule has 8 amide bonds. The summed E-state index contributed by atoms with van der Waals surface area (Å²) >= 11 is 0. The standard InChI is InChI=1S/C64H83FN10O17/c1-5-64(90)41-29-48-54-39(31-75(48)57(81)40(41)33-91-60(64)86)52-43(25-24-38-35(4)42(65)30-47(69-54)51(38)52)73-63(89)92-32-36-20-22-37(23-21-36)68-55(79)44(18-16-28-67-61(66)87)70-56(80)53(34(2)3)74-49(76)19-15-13-11-9-7-6-8-10-12-14-17-45(58(82)83)71-62(88)72-46(59(84)85)26-27-50(77)78/h20-23,29-30,34,43-46,53,90H,5-19,24-28,31-33H2,1-4H3,(H,68,79)(H,70,80)(H,73,89)(H,74,76)(H,77,78)(H,82,83)(H,84,85)(H3,66,67,87)(H2,71,72,88)/t43-,44-,45-,46-,53-,64-/m0/s1. The van der Waals surface area contributed by atoms with E-state index < -0.39 is 107 Å². The Kier molecular flexibility index (Phi) is 24.6. The van der Waals surface area contributed by atoms with Gasteiger partial charge >= 0.3 is 42.0 Å². The number of primary amides is 1. The number of esters is 1. The van der Waals surface area contributed by atoms with Crippen LogP contribution in [-0.4, -0.2) is 120 Å². The minimum atomic E-state index is -2.06. The van der Waals surface area contributed by atoms with Gasteiger partial charge in [0.2, 0.25) is 17.7 Å². The van der Waals surface area contributed by atoms with Crippen LogP contribution in [0.4, 0.5) is 24.5 Å². The van der Waals surface area contributed by atoms with E-state index in [0.717, 1.165) is 50.5 Å². The van der Waals surface area contributed by atoms with Crippen LogP contribution in [0.1, 0.15) is 181 Å². The maximum absolute atomic E-state index is 15.5. The molecule has 13 N–H and O–H groups in total. The van der Waals surface area contributed by atoms with Crippen molar-refractivity contribution >= 4 is 76.3 Å². The predicted molar refractivity (Wildman–Crippen MR) is 331 cm³/mol. The van der Waals surface area contributed by atoms with Gasteiger partial charge in [-0.1, -0.05) is 90.7 Å². The predicted octanol–water partition coefficient (Wildman–Crippen LogP) is 6.21. The zero-order valence-electron chi connectivity index (χ0n) is 52.1. The summed E-state index contributed by atoms with van der Waals surface area (Å²) in [5, 5.41) is 57.9. The summed E-state index contributed by atoms with van der Waals surface area (Å²) in [7, 11) is 0. The Balaban J connectivity index is 0.857. The van der Waals surface area contributed by atoms with Gasteiger partial charge in [-0.3, -0.25) is 24.0 Å². The Morgan fingerprint density at radius 3 is 2.03 bits per heavy atom. The fraction of sp³-hybridized carbons (Fsp3) is 0.531. The number of nitrogens with one attached hydrogen (secondary N) is 7. The highest BCUT2D eigenvalue weighted by atomic mass is 19.1. The summed E-state index contributed by atoms with van der Waals surface area (Å²) in [5.74, 6) is -7.12. The van der Waals surface area contributed by atoms with E-state index in [-0.39, 0.29) is 87.8 Å². The molecule has 4 heterocycles. The van der Waals surface area contributed by atoms with E-state index in [4.69, 9.17) is 25.3 Å². The van der Waals surface area contributed by atoms with Gasteiger partial charge in [-0.2, -0.15) is 0 Å². The zero-order chi connectivity index (χ0) is 67.0. The van der Waals surface area contributed by atoms with Gasteiger partial charge in [-0.05, 0) is 105 Å². The topological polar surface area (TPSA) is 415 Å². The van der Waals surface area contributed by atoms with E-state index in [9.17, 15) is 68.1 Å². The van der Waals surface area contributed by atoms with Crippen LogP contribution in [0.5, 0.6) is 0 Å². The molecule has 27 nitrogen and oxygen atoms in total. The summed E-state index contributed by atoms with van der Waals surface area (Å²) in [6.07, 6.45) is 7.80. The molecule has 92 heavy (non-hydrogen) atoms. The number of urea groups is 2. The molecule has 0 unspecified atom stereocenters. The first kappa shape index (κ1) is 70.3. The van der Waals surface area contributed by atoms with Crippen molar-refractivity contribution in [2.75, 3.05) is 11.9 Å². The number of rotatable bonds is 34. The van der Waals surface area contributed by atoms with Gasteiger partial charge in [0, 0.05) is 47.7 Å². The Bertz CT molecular complexity index is 3500. The number of hydrogen-bond acceptors (Lipinski definition) is 15. The largest absolute Gasteiger partial charge is 0.481 e. The van der Waals surface area contributed by atoms with Gasteiger partial charge in [-0.15, -0.1) is 0 Å². The molecular formula is C64H83FN10O17. The molecule has 0 spiro atoms. The lowest BCUT2D eigenvalue weighted by atomic mass is 9.81. The first-order chi connectivity index (χ1) is 43.8. The first-order valence-corrected chi connectivity index (χ1v) is 31.3. The van der Waals surface area contributed by atoms with Crippen molar-refractivity contribution in [3.05, 3.63) is 91.5 Å². The number of hydrogen-bond donors (Lipinski definition) is 12. The molecule has 2 aromatic carbocycles. The van der Waals surface area contributed by atoms with E-state index in [0.29, 0.717) is 82.3 Å². The normalized spacial score (nSPS) is 16.5. The number of carbonyl (C=O) groups is 10. The van der Waals surface area contributed by atoms with Crippen molar-refractivity contribution in [1.82, 2.24) is 41.5 Å². The molecule has 0 fully saturated rings. The van der Waals surface area contributed by atoms with Gasteiger partial charge in [0.15, 0.2) is 5.60 Å². The number of anilines is 1. The molecule has 3 aliphatic rings. The van der Waals surface area contributed by atoms with Gasteiger partial charge in [0.25, 0.3) is 5.56 Å². The molecule has 4 aromatic rings. The number of carboxylic acid groups (broad SMARTS) is 3. The van der Waals surface area contributed by atoms with Crippen LogP contribution < -0.4 is 48.5 Å². The fourth-order valence-corrected chi connectivity index (χ4v) is 12.0. The maximum Gasteiger partial charge on any atom is 0.407 e. The highest BCUT2D eigenvalue weighted by molar-refractivity contribution is 5.99. The van der Waals surface area contributed by atoms with E-state index >= 15 is 4.39 Å². The second-order valence-electron chi connectivity index (χ2n) is 24.0. The molecule has 0 bridgehead atoms. The number of benzene rings is 2. The highest BCUT2D eigenvalue weighted by Gasteiger charge is 2.46. The van der Waals surface area contributed by atoms with Crippen molar-refractivity contribution in [2.24, 2.45) is 11.7 Å². The number of carboxylic acids is 3. The molecule has 28 heteroatoms. The van der Waals surface area contributed by atoms with Crippen molar-refractivity contribution in [1.29, 1.82) is 0 Å². The number of carbonyl (C=O) groups excluding carboxylic acids is 7. The van der Waals surface area contributed by atoms with Crippen molar-refractivity contribution < 1.29 is 82.2 Å². The number of aliphatic carboxylic acids is 3. The number of aromatic nitrogens is 2. The number of aliphatic hydroxyl groups is 1. The monoisotopic (exact) mass is 1280 g/mol. The molecular weight excluding hydrogens is 1200 g/mol. The Morgan fingerprint density at radius 2 is 1.41 bits per heavy atom. The third-order valence-corrected chi connectivity index (χ3v) is 17.1. The van der Waals surface area contributed by atoms with Crippen LogP contribution >= 0.6 is 0 Å². The minimum absolute atomic E-state index is 0.0508. The summed E-state index contributed by atoms with van der Waals surface area (Å²) in [5.41, 5.74) is 7.35. The van der Waals surface area contributed by atoms with Crippen molar-refractivity contribution in [2.45, 2.75) is 205 Å². The Morgan fingerprint density at radius 1 is 0.783 bits per heavy atom. The number of alkyl carbamates (subject to hydrolysis) is 1. The number of nitrogens with two attached hydrogens (primary N) is 1. The van der Waals surface area contributed by atoms with Gasteiger partial charge < -0.3 is 77.4 Å². The zero-order valence-corrected chi connectivity index (χ0v) is 52.1. The number of cyclic esters (lactones) is 1. The summed E-state index contributed by atoms with van der Waals surface area (Å²) < 4.78 is 27.9. The van der Waals surface area contributed by atoms with Crippen LogP contribution in [0.15, 0.2) is 41.2 Å². The molecule has 1 aliphatic carbocycles. The first-order valence-electron chi connectivity index (χ1n) is 31.3. The number of fused-ring (bicyclic) bond motifs is 5.